The van der Waals surface area contributed by atoms with Gasteiger partial charge in [-0.1, -0.05) is 90.5 Å². The number of hydrogen-bond donors (Lipinski definition) is 0. The molecule has 4 heteroatoms. The van der Waals surface area contributed by atoms with E-state index in [1.54, 1.807) is 0 Å². The highest BCUT2D eigenvalue weighted by Gasteiger charge is 2.37. The van der Waals surface area contributed by atoms with Gasteiger partial charge in [-0.15, -0.1) is 0 Å². The van der Waals surface area contributed by atoms with E-state index in [1.165, 1.54) is 65.8 Å². The highest BCUT2D eigenvalue weighted by Crippen LogP contribution is 2.40. The molecule has 0 fully saturated rings. The molecule has 196 valence electrons. The van der Waals surface area contributed by atoms with E-state index >= 15 is 0 Å². The second-order valence-electron chi connectivity index (χ2n) is 11.8. The first-order valence-electron chi connectivity index (χ1n) is 14.7. The minimum absolute atomic E-state index is 0.0241. The quantitative estimate of drug-likeness (QED) is 0.193. The van der Waals surface area contributed by atoms with Gasteiger partial charge in [0.1, 0.15) is 5.58 Å². The van der Waals surface area contributed by atoms with Crippen LogP contribution in [0.25, 0.3) is 71.2 Å². The van der Waals surface area contributed by atoms with Crippen molar-refractivity contribution in [3.05, 3.63) is 126 Å². The molecular formula is C38H25BN2O. The number of rotatable bonds is 1. The molecular weight excluding hydrogens is 511 g/mol. The topological polar surface area (TPSA) is 23.0 Å². The average Bonchev–Trinajstić information content (AvgIpc) is 3.67. The summed E-state index contributed by atoms with van der Waals surface area (Å²) in [6.45, 7) is 4.43. The van der Waals surface area contributed by atoms with Crippen molar-refractivity contribution in [2.75, 3.05) is 0 Å². The number of fused-ring (bicyclic) bond motifs is 12. The molecule has 10 rings (SSSR count). The Morgan fingerprint density at radius 1 is 0.571 bits per heavy atom. The summed E-state index contributed by atoms with van der Waals surface area (Å²) >= 11 is 0. The van der Waals surface area contributed by atoms with Crippen LogP contribution in [0.5, 0.6) is 0 Å². The van der Waals surface area contributed by atoms with Gasteiger partial charge in [0.05, 0.1) is 16.6 Å². The number of aromatic nitrogens is 2. The first-order chi connectivity index (χ1) is 20.7. The number of nitrogens with zero attached hydrogens (tertiary/aromatic N) is 2. The minimum atomic E-state index is -0.0241. The predicted octanol–water partition coefficient (Wildman–Crippen LogP) is 8.38. The third-order valence-electron chi connectivity index (χ3n) is 9.56. The summed E-state index contributed by atoms with van der Waals surface area (Å²) in [5.41, 5.74) is 13.3. The Balaban J connectivity index is 1.46. The van der Waals surface area contributed by atoms with Crippen LogP contribution in [0.15, 0.2) is 120 Å². The largest absolute Gasteiger partial charge is 0.454 e. The molecule has 0 bridgehead atoms. The van der Waals surface area contributed by atoms with Gasteiger partial charge < -0.3 is 13.5 Å². The van der Waals surface area contributed by atoms with Crippen molar-refractivity contribution >= 4 is 83.3 Å². The smallest absolute Gasteiger partial charge is 0.332 e. The van der Waals surface area contributed by atoms with Crippen molar-refractivity contribution in [1.82, 2.24) is 9.05 Å². The van der Waals surface area contributed by atoms with Crippen LogP contribution in [0.2, 0.25) is 0 Å². The number of benzene rings is 6. The summed E-state index contributed by atoms with van der Waals surface area (Å²) in [6.07, 6.45) is 0. The minimum Gasteiger partial charge on any atom is -0.454 e. The van der Waals surface area contributed by atoms with Gasteiger partial charge in [0.2, 0.25) is 0 Å². The number of aryl methyl sites for hydroxylation is 2. The Bertz CT molecular complexity index is 2610. The van der Waals surface area contributed by atoms with Crippen LogP contribution in [0, 0.1) is 13.8 Å². The van der Waals surface area contributed by atoms with E-state index in [4.69, 9.17) is 4.42 Å². The predicted molar refractivity (Wildman–Crippen MR) is 177 cm³/mol. The second-order valence-corrected chi connectivity index (χ2v) is 11.8. The Kier molecular flexibility index (Phi) is 4.14. The van der Waals surface area contributed by atoms with E-state index < -0.39 is 0 Å². The molecule has 0 N–H and O–H groups in total. The fraction of sp³-hybridized carbons (Fsp3) is 0.0526. The van der Waals surface area contributed by atoms with Crippen LogP contribution in [0.1, 0.15) is 11.1 Å². The summed E-state index contributed by atoms with van der Waals surface area (Å²) in [6, 6.07) is 42.2. The molecule has 0 amide bonds. The maximum Gasteiger partial charge on any atom is 0.332 e. The zero-order valence-electron chi connectivity index (χ0n) is 23.3. The van der Waals surface area contributed by atoms with Crippen LogP contribution in [-0.4, -0.2) is 15.9 Å². The van der Waals surface area contributed by atoms with Gasteiger partial charge in [-0.3, -0.25) is 0 Å². The third-order valence-corrected chi connectivity index (χ3v) is 9.56. The molecule has 0 saturated heterocycles. The maximum atomic E-state index is 6.72. The Morgan fingerprint density at radius 2 is 1.26 bits per heavy atom. The first kappa shape index (κ1) is 22.5. The molecule has 0 radical (unpaired) electrons. The highest BCUT2D eigenvalue weighted by atomic mass is 16.3. The van der Waals surface area contributed by atoms with Crippen molar-refractivity contribution in [3.8, 4) is 5.69 Å². The fourth-order valence-electron chi connectivity index (χ4n) is 7.81. The zero-order chi connectivity index (χ0) is 27.7. The highest BCUT2D eigenvalue weighted by molar-refractivity contribution is 6.88. The molecule has 6 aromatic carbocycles. The van der Waals surface area contributed by atoms with E-state index in [-0.39, 0.29) is 6.85 Å². The lowest BCUT2D eigenvalue weighted by Crippen LogP contribution is -2.54. The molecule has 3 aromatic heterocycles. The number of furan rings is 1. The monoisotopic (exact) mass is 536 g/mol. The summed E-state index contributed by atoms with van der Waals surface area (Å²) in [5.74, 6) is 0. The molecule has 0 saturated carbocycles. The van der Waals surface area contributed by atoms with Gasteiger partial charge in [-0.25, -0.2) is 0 Å². The van der Waals surface area contributed by atoms with E-state index in [1.807, 2.05) is 0 Å². The van der Waals surface area contributed by atoms with Gasteiger partial charge in [0, 0.05) is 43.5 Å². The van der Waals surface area contributed by atoms with E-state index in [2.05, 4.69) is 138 Å². The second kappa shape index (κ2) is 7.74. The third kappa shape index (κ3) is 2.63. The van der Waals surface area contributed by atoms with E-state index in [9.17, 15) is 0 Å². The molecule has 0 atom stereocenters. The van der Waals surface area contributed by atoms with Crippen LogP contribution < -0.4 is 10.9 Å². The maximum absolute atomic E-state index is 6.72. The molecule has 3 nitrogen and oxygen atoms in total. The standard InChI is InChI=1S/C38H25BN2O/c1-22-15-17-25-27-18-16-23(2)35-36(27)40(33(25)21-22)32-13-7-5-11-30(32)39(35)41-31-12-6-3-9-24(31)28-19-20-29-26-10-4-8-14-34(26)42-38(29)37(28)41/h3-21H,1-2H3. The molecule has 0 unspecified atom stereocenters. The van der Waals surface area contributed by atoms with Gasteiger partial charge in [0.15, 0.2) is 5.58 Å². The van der Waals surface area contributed by atoms with Gasteiger partial charge in [0.25, 0.3) is 0 Å². The molecule has 9 aromatic rings. The van der Waals surface area contributed by atoms with Crippen LogP contribution in [0.3, 0.4) is 0 Å². The van der Waals surface area contributed by atoms with Gasteiger partial charge in [-0.2, -0.15) is 0 Å². The lowest BCUT2D eigenvalue weighted by molar-refractivity contribution is 0.671. The van der Waals surface area contributed by atoms with Crippen LogP contribution in [0.4, 0.5) is 0 Å². The fourth-order valence-corrected chi connectivity index (χ4v) is 7.81. The van der Waals surface area contributed by atoms with Crippen LogP contribution in [-0.2, 0) is 0 Å². The summed E-state index contributed by atoms with van der Waals surface area (Å²) in [4.78, 5) is 0. The SMILES string of the molecule is Cc1ccc2c3ccc(C)c4c3n(c2c1)-c1ccccc1B4n1c2ccccc2c2ccc3c4ccccc4oc3c21. The lowest BCUT2D eigenvalue weighted by Gasteiger charge is -2.29. The number of hydrogen-bond acceptors (Lipinski definition) is 1. The van der Waals surface area contributed by atoms with Crippen molar-refractivity contribution in [3.63, 3.8) is 0 Å². The summed E-state index contributed by atoms with van der Waals surface area (Å²) in [5, 5.41) is 7.39. The Hall–Kier alpha value is -5.22. The zero-order valence-corrected chi connectivity index (χ0v) is 23.3. The molecule has 1 aliphatic rings. The molecule has 0 spiro atoms. The van der Waals surface area contributed by atoms with Crippen molar-refractivity contribution < 1.29 is 4.42 Å². The van der Waals surface area contributed by atoms with Gasteiger partial charge >= 0.3 is 6.85 Å². The lowest BCUT2D eigenvalue weighted by atomic mass is 9.47. The van der Waals surface area contributed by atoms with Crippen molar-refractivity contribution in [2.24, 2.45) is 0 Å². The molecule has 0 aliphatic carbocycles. The molecule has 42 heavy (non-hydrogen) atoms. The van der Waals surface area contributed by atoms with Crippen molar-refractivity contribution in [1.29, 1.82) is 0 Å². The Labute approximate surface area is 242 Å². The average molecular weight is 536 g/mol. The normalized spacial score (nSPS) is 13.0. The first-order valence-corrected chi connectivity index (χ1v) is 14.7. The number of para-hydroxylation sites is 3. The summed E-state index contributed by atoms with van der Waals surface area (Å²) in [7, 11) is 0. The Morgan fingerprint density at radius 3 is 2.19 bits per heavy atom. The molecule has 1 aliphatic heterocycles. The summed E-state index contributed by atoms with van der Waals surface area (Å²) < 4.78 is 11.8. The van der Waals surface area contributed by atoms with Crippen molar-refractivity contribution in [2.45, 2.75) is 13.8 Å². The molecule has 4 heterocycles. The van der Waals surface area contributed by atoms with E-state index in [0.29, 0.717) is 0 Å². The van der Waals surface area contributed by atoms with Gasteiger partial charge in [-0.05, 0) is 60.7 Å². The van der Waals surface area contributed by atoms with Crippen LogP contribution >= 0.6 is 0 Å². The van der Waals surface area contributed by atoms with E-state index in [0.717, 1.165) is 27.5 Å².